The third kappa shape index (κ3) is 4.06. The van der Waals surface area contributed by atoms with Gasteiger partial charge in [0, 0.05) is 25.9 Å². The molecule has 0 spiro atoms. The van der Waals surface area contributed by atoms with E-state index in [1.54, 1.807) is 24.3 Å². The van der Waals surface area contributed by atoms with E-state index in [0.717, 1.165) is 11.8 Å². The summed E-state index contributed by atoms with van der Waals surface area (Å²) < 4.78 is 35.6. The second-order valence-corrected chi connectivity index (χ2v) is 3.36. The van der Waals surface area contributed by atoms with Gasteiger partial charge < -0.3 is 4.90 Å². The highest BCUT2D eigenvalue weighted by Crippen LogP contribution is 2.19. The number of anilines is 1. The van der Waals surface area contributed by atoms with Crippen molar-refractivity contribution in [3.05, 3.63) is 35.9 Å². The minimum absolute atomic E-state index is 0.234. The first-order valence-electron chi connectivity index (χ1n) is 4.42. The lowest BCUT2D eigenvalue weighted by Crippen LogP contribution is -2.07. The van der Waals surface area contributed by atoms with Gasteiger partial charge in [0.05, 0.1) is 0 Å². The van der Waals surface area contributed by atoms with Crippen LogP contribution in [0, 0.1) is 0 Å². The number of nitrogens with zero attached hydrogens (tertiary/aromatic N) is 1. The lowest BCUT2D eigenvalue weighted by atomic mass is 10.2. The van der Waals surface area contributed by atoms with Gasteiger partial charge in [0.15, 0.2) is 0 Å². The molecule has 1 aromatic rings. The lowest BCUT2D eigenvalue weighted by Gasteiger charge is -2.11. The van der Waals surface area contributed by atoms with Gasteiger partial charge in [0.1, 0.15) is 0 Å². The number of benzene rings is 1. The average molecular weight is 215 g/mol. The van der Waals surface area contributed by atoms with Crippen molar-refractivity contribution in [1.82, 2.24) is 0 Å². The van der Waals surface area contributed by atoms with Crippen LogP contribution in [0.15, 0.2) is 30.3 Å². The van der Waals surface area contributed by atoms with Gasteiger partial charge in [0.2, 0.25) is 0 Å². The lowest BCUT2D eigenvalue weighted by molar-refractivity contribution is -0.0790. The van der Waals surface area contributed by atoms with Gasteiger partial charge in [-0.25, -0.2) is 0 Å². The highest BCUT2D eigenvalue weighted by molar-refractivity contribution is 5.55. The Labute approximate surface area is 86.8 Å². The Bertz CT molecular complexity index is 336. The minimum Gasteiger partial charge on any atom is -0.378 e. The summed E-state index contributed by atoms with van der Waals surface area (Å²) in [6, 6.07) is 6.85. The maximum absolute atomic E-state index is 11.9. The van der Waals surface area contributed by atoms with Crippen molar-refractivity contribution in [2.24, 2.45) is 0 Å². The van der Waals surface area contributed by atoms with E-state index in [4.69, 9.17) is 0 Å². The van der Waals surface area contributed by atoms with E-state index in [0.29, 0.717) is 5.56 Å². The van der Waals surface area contributed by atoms with E-state index in [1.807, 2.05) is 19.0 Å². The highest BCUT2D eigenvalue weighted by atomic mass is 19.4. The molecule has 0 aliphatic heterocycles. The van der Waals surface area contributed by atoms with Crippen LogP contribution in [-0.4, -0.2) is 20.3 Å². The molecule has 0 aliphatic rings. The molecule has 0 radical (unpaired) electrons. The van der Waals surface area contributed by atoms with E-state index >= 15 is 0 Å². The summed E-state index contributed by atoms with van der Waals surface area (Å²) in [7, 11) is 3.75. The Morgan fingerprint density at radius 2 is 1.60 bits per heavy atom. The third-order valence-electron chi connectivity index (χ3n) is 1.87. The summed E-state index contributed by atoms with van der Waals surface area (Å²) in [5, 5.41) is 0. The van der Waals surface area contributed by atoms with Crippen LogP contribution in [0.4, 0.5) is 18.9 Å². The molecule has 0 unspecified atom stereocenters. The summed E-state index contributed by atoms with van der Waals surface area (Å²) in [5.41, 5.74) is 1.50. The van der Waals surface area contributed by atoms with Crippen LogP contribution >= 0.6 is 0 Å². The third-order valence-corrected chi connectivity index (χ3v) is 1.87. The van der Waals surface area contributed by atoms with Crippen molar-refractivity contribution in [2.75, 3.05) is 19.0 Å². The van der Waals surface area contributed by atoms with Crippen LogP contribution in [0.2, 0.25) is 0 Å². The predicted molar refractivity (Wildman–Crippen MR) is 55.9 cm³/mol. The number of rotatable bonds is 2. The van der Waals surface area contributed by atoms with Crippen molar-refractivity contribution in [3.8, 4) is 0 Å². The largest absolute Gasteiger partial charge is 0.409 e. The molecule has 1 nitrogen and oxygen atoms in total. The molecule has 0 fully saturated rings. The number of hydrogen-bond acceptors (Lipinski definition) is 1. The highest BCUT2D eigenvalue weighted by Gasteiger charge is 2.21. The molecule has 4 heteroatoms. The maximum Gasteiger partial charge on any atom is 0.409 e. The van der Waals surface area contributed by atoms with Gasteiger partial charge in [0.25, 0.3) is 0 Å². The zero-order chi connectivity index (χ0) is 11.5. The van der Waals surface area contributed by atoms with Crippen LogP contribution < -0.4 is 4.90 Å². The van der Waals surface area contributed by atoms with E-state index in [-0.39, 0.29) is 6.08 Å². The summed E-state index contributed by atoms with van der Waals surface area (Å²) >= 11 is 0. The fourth-order valence-electron chi connectivity index (χ4n) is 1.07. The predicted octanol–water partition coefficient (Wildman–Crippen LogP) is 3.33. The SMILES string of the molecule is CN(C)c1ccc(/C=C\C(F)(F)F)cc1. The quantitative estimate of drug-likeness (QED) is 0.731. The molecule has 15 heavy (non-hydrogen) atoms. The molecule has 0 heterocycles. The summed E-state index contributed by atoms with van der Waals surface area (Å²) in [4.78, 5) is 1.89. The van der Waals surface area contributed by atoms with Gasteiger partial charge in [-0.3, -0.25) is 0 Å². The maximum atomic E-state index is 11.9. The molecule has 0 atom stereocenters. The zero-order valence-corrected chi connectivity index (χ0v) is 8.55. The first-order valence-corrected chi connectivity index (χ1v) is 4.42. The Hall–Kier alpha value is -1.45. The number of hydrogen-bond donors (Lipinski definition) is 0. The van der Waals surface area contributed by atoms with Crippen molar-refractivity contribution in [3.63, 3.8) is 0 Å². The molecule has 1 rings (SSSR count). The monoisotopic (exact) mass is 215 g/mol. The molecule has 0 amide bonds. The van der Waals surface area contributed by atoms with Crippen molar-refractivity contribution in [2.45, 2.75) is 6.18 Å². The summed E-state index contributed by atoms with van der Waals surface area (Å²) in [6.45, 7) is 0. The Kier molecular flexibility index (Phi) is 3.39. The molecule has 0 aliphatic carbocycles. The minimum atomic E-state index is -4.25. The van der Waals surface area contributed by atoms with Crippen molar-refractivity contribution < 1.29 is 13.2 Å². The number of alkyl halides is 3. The van der Waals surface area contributed by atoms with Gasteiger partial charge in [-0.15, -0.1) is 0 Å². The fraction of sp³-hybridized carbons (Fsp3) is 0.273. The summed E-state index contributed by atoms with van der Waals surface area (Å²) in [5.74, 6) is 0. The zero-order valence-electron chi connectivity index (χ0n) is 8.55. The smallest absolute Gasteiger partial charge is 0.378 e. The van der Waals surface area contributed by atoms with Crippen LogP contribution in [0.25, 0.3) is 6.08 Å². The topological polar surface area (TPSA) is 3.24 Å². The van der Waals surface area contributed by atoms with Gasteiger partial charge in [-0.2, -0.15) is 13.2 Å². The first kappa shape index (κ1) is 11.6. The van der Waals surface area contributed by atoms with Gasteiger partial charge >= 0.3 is 6.18 Å². The molecule has 1 aromatic carbocycles. The second kappa shape index (κ2) is 4.38. The molecule has 0 saturated heterocycles. The second-order valence-electron chi connectivity index (χ2n) is 3.36. The summed E-state index contributed by atoms with van der Waals surface area (Å²) in [6.07, 6.45) is -2.96. The van der Waals surface area contributed by atoms with Gasteiger partial charge in [-0.05, 0) is 17.7 Å². The molecule has 82 valence electrons. The number of allylic oxidation sites excluding steroid dienone is 1. The van der Waals surface area contributed by atoms with Crippen LogP contribution in [0.1, 0.15) is 5.56 Å². The average Bonchev–Trinajstić information content (AvgIpc) is 2.14. The Morgan fingerprint density at radius 3 is 2.00 bits per heavy atom. The molecule has 0 aromatic heterocycles. The van der Waals surface area contributed by atoms with Crippen molar-refractivity contribution >= 4 is 11.8 Å². The van der Waals surface area contributed by atoms with Crippen molar-refractivity contribution in [1.29, 1.82) is 0 Å². The molecular formula is C11H12F3N. The standard InChI is InChI=1S/C11H12F3N/c1-15(2)10-5-3-9(4-6-10)7-8-11(12,13)14/h3-8H,1-2H3/b8-7-. The van der Waals surface area contributed by atoms with E-state index in [1.165, 1.54) is 0 Å². The van der Waals surface area contributed by atoms with Crippen LogP contribution in [0.5, 0.6) is 0 Å². The van der Waals surface area contributed by atoms with Crippen LogP contribution in [-0.2, 0) is 0 Å². The normalized spacial score (nSPS) is 12.1. The Morgan fingerprint density at radius 1 is 1.07 bits per heavy atom. The first-order chi connectivity index (χ1) is 6.88. The molecule has 0 N–H and O–H groups in total. The van der Waals surface area contributed by atoms with Crippen LogP contribution in [0.3, 0.4) is 0 Å². The van der Waals surface area contributed by atoms with E-state index in [2.05, 4.69) is 0 Å². The van der Waals surface area contributed by atoms with E-state index < -0.39 is 6.18 Å². The van der Waals surface area contributed by atoms with Gasteiger partial charge in [-0.1, -0.05) is 18.2 Å². The van der Waals surface area contributed by atoms with E-state index in [9.17, 15) is 13.2 Å². The molecule has 0 saturated carbocycles. The molecule has 0 bridgehead atoms. The fourth-order valence-corrected chi connectivity index (χ4v) is 1.07. The molecular weight excluding hydrogens is 203 g/mol. The Balaban J connectivity index is 2.77. The number of halogens is 3.